The van der Waals surface area contributed by atoms with Gasteiger partial charge in [0.2, 0.25) is 0 Å². The summed E-state index contributed by atoms with van der Waals surface area (Å²) in [5.41, 5.74) is 2.16. The lowest BCUT2D eigenvalue weighted by atomic mass is 9.80. The first-order valence-electron chi connectivity index (χ1n) is 17.6. The zero-order valence-electron chi connectivity index (χ0n) is 28.2. The Morgan fingerprint density at radius 3 is 1.38 bits per heavy atom. The topological polar surface area (TPSA) is 112 Å². The molecular formula is C38H38N2O8S2. The summed E-state index contributed by atoms with van der Waals surface area (Å²) in [6, 6.07) is 3.47. The first-order valence-corrected chi connectivity index (χ1v) is 19.3. The van der Waals surface area contributed by atoms with Crippen molar-refractivity contribution in [2.45, 2.75) is 65.2 Å². The summed E-state index contributed by atoms with van der Waals surface area (Å²) < 4.78 is 23.9. The second-order valence-corrected chi connectivity index (χ2v) is 14.8. The maximum atomic E-state index is 14.6. The summed E-state index contributed by atoms with van der Waals surface area (Å²) in [5.74, 6) is 0.426. The van der Waals surface area contributed by atoms with Crippen LogP contribution in [0.5, 0.6) is 23.0 Å². The summed E-state index contributed by atoms with van der Waals surface area (Å²) in [6.45, 7) is 6.24. The molecule has 260 valence electrons. The van der Waals surface area contributed by atoms with Crippen LogP contribution in [0.4, 0.5) is 0 Å². The molecule has 50 heavy (non-hydrogen) atoms. The molecular weight excluding hydrogens is 677 g/mol. The second kappa shape index (κ2) is 13.4. The van der Waals surface area contributed by atoms with E-state index < -0.39 is 23.6 Å². The molecule has 4 aliphatic heterocycles. The highest BCUT2D eigenvalue weighted by molar-refractivity contribution is 7.14. The maximum Gasteiger partial charge on any atom is 0.262 e. The van der Waals surface area contributed by atoms with Crippen molar-refractivity contribution in [2.24, 2.45) is 0 Å². The maximum absolute atomic E-state index is 14.6. The summed E-state index contributed by atoms with van der Waals surface area (Å²) in [7, 11) is 0. The second-order valence-electron chi connectivity index (χ2n) is 13.0. The molecule has 0 N–H and O–H groups in total. The number of carbonyl (C=O) groups excluding carboxylic acids is 4. The van der Waals surface area contributed by atoms with Gasteiger partial charge in [0, 0.05) is 56.9 Å². The number of carbonyl (C=O) groups is 4. The monoisotopic (exact) mass is 714 g/mol. The van der Waals surface area contributed by atoms with Crippen LogP contribution in [0.15, 0.2) is 22.9 Å². The van der Waals surface area contributed by atoms with Crippen molar-refractivity contribution in [3.63, 3.8) is 0 Å². The van der Waals surface area contributed by atoms with Gasteiger partial charge in [0.25, 0.3) is 23.6 Å². The van der Waals surface area contributed by atoms with Crippen LogP contribution in [0, 0.1) is 0 Å². The first kappa shape index (κ1) is 32.8. The van der Waals surface area contributed by atoms with Gasteiger partial charge in [-0.1, -0.05) is 52.4 Å². The van der Waals surface area contributed by atoms with Crippen molar-refractivity contribution in [2.75, 3.05) is 39.5 Å². The standard InChI is InChI=1S/C38H38N2O8S2/c1-3-5-7-9-11-39-35(41)23-17-22(34-32-26(20-50-34)46-14-16-48-32)30-28-24(36(42)40(38(30)44)12-10-8-6-4-2)18-21(29(27(23)28)37(39)43)33-31-25(19-49-33)45-13-15-47-31/h17-20H,3-16H2,1-2H3. The molecule has 6 heterocycles. The van der Waals surface area contributed by atoms with Crippen molar-refractivity contribution in [1.82, 2.24) is 9.80 Å². The van der Waals surface area contributed by atoms with Gasteiger partial charge < -0.3 is 18.9 Å². The molecule has 4 amide bonds. The van der Waals surface area contributed by atoms with E-state index >= 15 is 0 Å². The number of ether oxygens (including phenoxy) is 4. The molecule has 0 bridgehead atoms. The SMILES string of the molecule is CCCCCCN1C(=O)c2cc(-c3scc4c3OCCO4)c3c4c(cc(-c5scc6c5OCCO6)c(c24)C1=O)C(=O)N(CCCCCC)C3=O. The third-order valence-electron chi connectivity index (χ3n) is 9.84. The Balaban J connectivity index is 1.41. The number of rotatable bonds is 12. The highest BCUT2D eigenvalue weighted by Crippen LogP contribution is 2.54. The van der Waals surface area contributed by atoms with Gasteiger partial charge in [-0.25, -0.2) is 0 Å². The van der Waals surface area contributed by atoms with Gasteiger partial charge in [-0.2, -0.15) is 0 Å². The number of nitrogens with zero attached hydrogens (tertiary/aromatic N) is 2. The Bertz CT molecular complexity index is 1920. The number of hydrogen-bond acceptors (Lipinski definition) is 10. The molecule has 10 nitrogen and oxygen atoms in total. The molecule has 4 aliphatic rings. The summed E-state index contributed by atoms with van der Waals surface area (Å²) >= 11 is 2.74. The fourth-order valence-electron chi connectivity index (χ4n) is 7.42. The molecule has 0 saturated heterocycles. The van der Waals surface area contributed by atoms with Crippen molar-refractivity contribution in [1.29, 1.82) is 0 Å². The van der Waals surface area contributed by atoms with Crippen LogP contribution in [0.25, 0.3) is 31.7 Å². The van der Waals surface area contributed by atoms with E-state index in [-0.39, 0.29) is 24.2 Å². The molecule has 2 aromatic heterocycles. The first-order chi connectivity index (χ1) is 24.4. The van der Waals surface area contributed by atoms with E-state index in [1.54, 1.807) is 12.1 Å². The Kier molecular flexibility index (Phi) is 8.76. The van der Waals surface area contributed by atoms with Gasteiger partial charge in [0.05, 0.1) is 20.9 Å². The molecule has 2 aromatic carbocycles. The normalized spacial score (nSPS) is 16.2. The van der Waals surface area contributed by atoms with Gasteiger partial charge in [-0.3, -0.25) is 29.0 Å². The third kappa shape index (κ3) is 5.17. The molecule has 0 fully saturated rings. The van der Waals surface area contributed by atoms with Crippen LogP contribution in [-0.4, -0.2) is 72.9 Å². The zero-order valence-corrected chi connectivity index (χ0v) is 29.8. The van der Waals surface area contributed by atoms with E-state index in [0.29, 0.717) is 105 Å². The van der Waals surface area contributed by atoms with Crippen LogP contribution in [0.2, 0.25) is 0 Å². The predicted molar refractivity (Wildman–Crippen MR) is 192 cm³/mol. The predicted octanol–water partition coefficient (Wildman–Crippen LogP) is 8.19. The van der Waals surface area contributed by atoms with Crippen molar-refractivity contribution >= 4 is 57.1 Å². The summed E-state index contributed by atoms with van der Waals surface area (Å²) in [5, 5.41) is 4.36. The average molecular weight is 715 g/mol. The molecule has 4 aromatic rings. The minimum atomic E-state index is -0.440. The molecule has 12 heteroatoms. The van der Waals surface area contributed by atoms with E-state index in [1.807, 2.05) is 10.8 Å². The zero-order chi connectivity index (χ0) is 34.5. The minimum Gasteiger partial charge on any atom is -0.485 e. The van der Waals surface area contributed by atoms with E-state index in [9.17, 15) is 19.2 Å². The molecule has 0 radical (unpaired) electrons. The van der Waals surface area contributed by atoms with Crippen molar-refractivity contribution in [3.8, 4) is 43.9 Å². The number of hydrogen-bond donors (Lipinski definition) is 0. The fraction of sp³-hybridized carbons (Fsp3) is 0.421. The van der Waals surface area contributed by atoms with Gasteiger partial charge in [-0.05, 0) is 25.0 Å². The van der Waals surface area contributed by atoms with E-state index in [4.69, 9.17) is 18.9 Å². The molecule has 8 rings (SSSR count). The molecule has 0 spiro atoms. The number of amides is 4. The highest BCUT2D eigenvalue weighted by Gasteiger charge is 2.44. The molecule has 0 atom stereocenters. The largest absolute Gasteiger partial charge is 0.485 e. The number of fused-ring (bicyclic) bond motifs is 2. The van der Waals surface area contributed by atoms with Gasteiger partial charge in [0.1, 0.15) is 26.4 Å². The summed E-state index contributed by atoms with van der Waals surface area (Å²) in [4.78, 5) is 62.3. The lowest BCUT2D eigenvalue weighted by Gasteiger charge is -2.34. The highest BCUT2D eigenvalue weighted by atomic mass is 32.1. The smallest absolute Gasteiger partial charge is 0.262 e. The van der Waals surface area contributed by atoms with Crippen LogP contribution in [0.1, 0.15) is 107 Å². The van der Waals surface area contributed by atoms with Crippen LogP contribution in [0.3, 0.4) is 0 Å². The Morgan fingerprint density at radius 2 is 0.960 bits per heavy atom. The Labute approximate surface area is 297 Å². The molecule has 0 unspecified atom stereocenters. The summed E-state index contributed by atoms with van der Waals surface area (Å²) in [6.07, 6.45) is 7.12. The van der Waals surface area contributed by atoms with Crippen LogP contribution >= 0.6 is 22.7 Å². The molecule has 0 saturated carbocycles. The van der Waals surface area contributed by atoms with E-state index in [1.165, 1.54) is 32.5 Å². The van der Waals surface area contributed by atoms with Gasteiger partial charge in [0.15, 0.2) is 23.0 Å². The lowest BCUT2D eigenvalue weighted by molar-refractivity contribution is 0.0587. The Morgan fingerprint density at radius 1 is 0.540 bits per heavy atom. The number of unbranched alkanes of at least 4 members (excludes halogenated alkanes) is 6. The van der Waals surface area contributed by atoms with Crippen molar-refractivity contribution in [3.05, 3.63) is 45.1 Å². The number of benzene rings is 2. The Hall–Kier alpha value is -4.42. The van der Waals surface area contributed by atoms with E-state index in [0.717, 1.165) is 38.5 Å². The van der Waals surface area contributed by atoms with Crippen LogP contribution < -0.4 is 18.9 Å². The van der Waals surface area contributed by atoms with E-state index in [2.05, 4.69) is 13.8 Å². The van der Waals surface area contributed by atoms with Gasteiger partial charge >= 0.3 is 0 Å². The fourth-order valence-corrected chi connectivity index (χ4v) is 9.33. The average Bonchev–Trinajstić information content (AvgIpc) is 3.77. The number of thiophene rings is 2. The third-order valence-corrected chi connectivity index (χ3v) is 11.8. The van der Waals surface area contributed by atoms with Crippen molar-refractivity contribution < 1.29 is 38.1 Å². The number of imide groups is 2. The minimum absolute atomic E-state index is 0.258. The lowest BCUT2D eigenvalue weighted by Crippen LogP contribution is -2.44. The molecule has 0 aliphatic carbocycles. The van der Waals surface area contributed by atoms with Gasteiger partial charge in [-0.15, -0.1) is 22.7 Å². The van der Waals surface area contributed by atoms with Crippen LogP contribution in [-0.2, 0) is 0 Å². The quantitative estimate of drug-likeness (QED) is 0.107.